The maximum atomic E-state index is 14.5. The standard InChI is InChI=1S/C24H18F4N4O3S2/c1-12-8-21-16(9-18(12)25)17(10-29)22(32(21)20-6-7-36-23(20)13(2)33)19-5-4-15(11-30-19)37(34,35)31-14(3)24(26,27)28/h4-9,11,14,31H,1-3H3/t14-/m0/s1. The number of aromatic nitrogens is 2. The second kappa shape index (κ2) is 9.37. The monoisotopic (exact) mass is 550 g/mol. The second-order valence-electron chi connectivity index (χ2n) is 8.24. The number of halogens is 4. The Morgan fingerprint density at radius 2 is 1.95 bits per heavy atom. The van der Waals surface area contributed by atoms with Gasteiger partial charge in [-0.2, -0.15) is 23.2 Å². The zero-order valence-electron chi connectivity index (χ0n) is 19.5. The van der Waals surface area contributed by atoms with Gasteiger partial charge in [-0.1, -0.05) is 0 Å². The molecule has 13 heteroatoms. The molecule has 1 aromatic carbocycles. The summed E-state index contributed by atoms with van der Waals surface area (Å²) in [5.41, 5.74) is 1.43. The molecule has 0 aliphatic rings. The molecule has 3 aromatic heterocycles. The Balaban J connectivity index is 1.95. The molecule has 192 valence electrons. The van der Waals surface area contributed by atoms with Gasteiger partial charge in [0.2, 0.25) is 10.0 Å². The van der Waals surface area contributed by atoms with E-state index in [1.165, 1.54) is 36.5 Å². The summed E-state index contributed by atoms with van der Waals surface area (Å²) in [7, 11) is -4.56. The maximum absolute atomic E-state index is 14.5. The number of pyridine rings is 1. The number of carbonyl (C=O) groups excluding carboxylic acids is 1. The number of nitrogens with one attached hydrogen (secondary N) is 1. The van der Waals surface area contributed by atoms with Crippen molar-refractivity contribution in [2.45, 2.75) is 37.9 Å². The summed E-state index contributed by atoms with van der Waals surface area (Å²) in [6, 6.07) is 6.39. The van der Waals surface area contributed by atoms with Crippen molar-refractivity contribution in [2.24, 2.45) is 0 Å². The van der Waals surface area contributed by atoms with Gasteiger partial charge in [0.15, 0.2) is 5.78 Å². The number of aryl methyl sites for hydroxylation is 1. The highest BCUT2D eigenvalue weighted by Gasteiger charge is 2.39. The Morgan fingerprint density at radius 1 is 1.24 bits per heavy atom. The molecule has 4 rings (SSSR count). The maximum Gasteiger partial charge on any atom is 0.404 e. The number of hydrogen-bond donors (Lipinski definition) is 1. The lowest BCUT2D eigenvalue weighted by Gasteiger charge is -2.17. The van der Waals surface area contributed by atoms with Gasteiger partial charge >= 0.3 is 6.18 Å². The Kier molecular flexibility index (Phi) is 6.70. The molecule has 0 saturated heterocycles. The van der Waals surface area contributed by atoms with Crippen LogP contribution in [0, 0.1) is 24.1 Å². The number of fused-ring (bicyclic) bond motifs is 1. The largest absolute Gasteiger partial charge is 0.404 e. The highest BCUT2D eigenvalue weighted by molar-refractivity contribution is 7.89. The van der Waals surface area contributed by atoms with E-state index in [0.717, 1.165) is 12.3 Å². The Morgan fingerprint density at radius 3 is 2.51 bits per heavy atom. The van der Waals surface area contributed by atoms with Crippen molar-refractivity contribution in [2.75, 3.05) is 0 Å². The summed E-state index contributed by atoms with van der Waals surface area (Å²) in [6.07, 6.45) is -3.92. The van der Waals surface area contributed by atoms with Crippen molar-refractivity contribution in [3.05, 3.63) is 63.7 Å². The SMILES string of the molecule is CC(=O)c1sccc1-n1c(-c2ccc(S(=O)(=O)N[C@@H](C)C(F)(F)F)cn2)c(C#N)c2cc(F)c(C)cc21. The summed E-state index contributed by atoms with van der Waals surface area (Å²) < 4.78 is 81.1. The van der Waals surface area contributed by atoms with Gasteiger partial charge < -0.3 is 4.57 Å². The van der Waals surface area contributed by atoms with Crippen LogP contribution in [0.4, 0.5) is 17.6 Å². The van der Waals surface area contributed by atoms with Crippen LogP contribution in [0.5, 0.6) is 0 Å². The number of rotatable bonds is 6. The predicted octanol–water partition coefficient (Wildman–Crippen LogP) is 5.50. The van der Waals surface area contributed by atoms with Crippen LogP contribution >= 0.6 is 11.3 Å². The first-order valence-corrected chi connectivity index (χ1v) is 13.0. The van der Waals surface area contributed by atoms with Crippen LogP contribution < -0.4 is 4.72 Å². The summed E-state index contributed by atoms with van der Waals surface area (Å²) in [5, 5.41) is 11.9. The highest BCUT2D eigenvalue weighted by atomic mass is 32.2. The predicted molar refractivity (Wildman–Crippen MR) is 130 cm³/mol. The molecule has 4 aromatic rings. The van der Waals surface area contributed by atoms with Crippen LogP contribution in [0.3, 0.4) is 0 Å². The van der Waals surface area contributed by atoms with Crippen molar-refractivity contribution in [1.82, 2.24) is 14.3 Å². The lowest BCUT2D eigenvalue weighted by Crippen LogP contribution is -2.42. The average molecular weight is 551 g/mol. The number of benzene rings is 1. The number of sulfonamides is 1. The molecule has 0 aliphatic heterocycles. The number of nitrogens with zero attached hydrogens (tertiary/aromatic N) is 3. The molecule has 37 heavy (non-hydrogen) atoms. The first kappa shape index (κ1) is 26.5. The van der Waals surface area contributed by atoms with Crippen LogP contribution in [0.15, 0.2) is 46.8 Å². The van der Waals surface area contributed by atoms with Gasteiger partial charge in [-0.15, -0.1) is 11.3 Å². The molecule has 7 nitrogen and oxygen atoms in total. The number of nitriles is 1. The third kappa shape index (κ3) is 4.75. The quantitative estimate of drug-likeness (QED) is 0.252. The van der Waals surface area contributed by atoms with E-state index >= 15 is 0 Å². The number of alkyl halides is 3. The third-order valence-corrected chi connectivity index (χ3v) is 8.21. The number of ketones is 1. The van der Waals surface area contributed by atoms with E-state index in [1.807, 2.05) is 6.07 Å². The van der Waals surface area contributed by atoms with E-state index in [4.69, 9.17) is 0 Å². The minimum atomic E-state index is -4.79. The van der Waals surface area contributed by atoms with E-state index in [1.54, 1.807) is 27.7 Å². The molecule has 3 heterocycles. The van der Waals surface area contributed by atoms with E-state index in [9.17, 15) is 36.0 Å². The fraction of sp³-hybridized carbons (Fsp3) is 0.208. The second-order valence-corrected chi connectivity index (χ2v) is 10.9. The summed E-state index contributed by atoms with van der Waals surface area (Å²) >= 11 is 1.18. The molecule has 1 N–H and O–H groups in total. The van der Waals surface area contributed by atoms with E-state index < -0.39 is 33.0 Å². The van der Waals surface area contributed by atoms with Crippen LogP contribution in [-0.2, 0) is 10.0 Å². The first-order chi connectivity index (χ1) is 17.3. The summed E-state index contributed by atoms with van der Waals surface area (Å²) in [6.45, 7) is 3.60. The van der Waals surface area contributed by atoms with Crippen molar-refractivity contribution >= 4 is 38.0 Å². The number of carbonyl (C=O) groups is 1. The third-order valence-electron chi connectivity index (χ3n) is 5.68. The van der Waals surface area contributed by atoms with Crippen molar-refractivity contribution < 1.29 is 30.8 Å². The van der Waals surface area contributed by atoms with Crippen molar-refractivity contribution in [3.63, 3.8) is 0 Å². The van der Waals surface area contributed by atoms with Crippen molar-refractivity contribution in [1.29, 1.82) is 5.26 Å². The lowest BCUT2D eigenvalue weighted by atomic mass is 10.1. The van der Waals surface area contributed by atoms with Crippen LogP contribution in [0.1, 0.15) is 34.6 Å². The molecule has 0 aliphatic carbocycles. The number of Topliss-reactive ketones (excluding diaryl/α,β-unsaturated/α-hetero) is 1. The fourth-order valence-electron chi connectivity index (χ4n) is 3.81. The van der Waals surface area contributed by atoms with Crippen LogP contribution in [-0.4, -0.2) is 36.0 Å². The number of hydrogen-bond acceptors (Lipinski definition) is 6. The van der Waals surface area contributed by atoms with Crippen molar-refractivity contribution in [3.8, 4) is 23.1 Å². The van der Waals surface area contributed by atoms with Gasteiger partial charge in [0, 0.05) is 18.5 Å². The molecule has 0 fully saturated rings. The molecule has 0 saturated carbocycles. The van der Waals surface area contributed by atoms with Gasteiger partial charge in [0.25, 0.3) is 0 Å². The lowest BCUT2D eigenvalue weighted by molar-refractivity contribution is -0.147. The van der Waals surface area contributed by atoms with Crippen LogP contribution in [0.25, 0.3) is 28.0 Å². The average Bonchev–Trinajstić information content (AvgIpc) is 3.41. The molecule has 0 bridgehead atoms. The van der Waals surface area contributed by atoms with Gasteiger partial charge in [-0.3, -0.25) is 9.78 Å². The van der Waals surface area contributed by atoms with E-state index in [2.05, 4.69) is 4.98 Å². The number of thiophene rings is 1. The van der Waals surface area contributed by atoms with Gasteiger partial charge in [0.1, 0.15) is 22.8 Å². The zero-order chi connectivity index (χ0) is 27.3. The van der Waals surface area contributed by atoms with Gasteiger partial charge in [-0.25, -0.2) is 12.8 Å². The smallest absolute Gasteiger partial charge is 0.305 e. The molecule has 0 radical (unpaired) electrons. The van der Waals surface area contributed by atoms with Crippen LogP contribution in [0.2, 0.25) is 0 Å². The normalized spacial score (nSPS) is 13.0. The summed E-state index contributed by atoms with van der Waals surface area (Å²) in [5.74, 6) is -0.793. The minimum Gasteiger partial charge on any atom is -0.305 e. The summed E-state index contributed by atoms with van der Waals surface area (Å²) in [4.78, 5) is 16.3. The van der Waals surface area contributed by atoms with Gasteiger partial charge in [0.05, 0.1) is 33.0 Å². The van der Waals surface area contributed by atoms with Gasteiger partial charge in [-0.05, 0) is 55.1 Å². The molecule has 0 spiro atoms. The zero-order valence-corrected chi connectivity index (χ0v) is 21.1. The Hall–Kier alpha value is -3.60. The Bertz CT molecular complexity index is 1680. The molecule has 0 unspecified atom stereocenters. The van der Waals surface area contributed by atoms with E-state index in [-0.39, 0.29) is 28.1 Å². The highest BCUT2D eigenvalue weighted by Crippen LogP contribution is 2.38. The fourth-order valence-corrected chi connectivity index (χ4v) is 5.76. The molecule has 0 amide bonds. The molecular weight excluding hydrogens is 532 g/mol. The van der Waals surface area contributed by atoms with E-state index in [0.29, 0.717) is 28.6 Å². The Labute approximate surface area is 213 Å². The molecular formula is C24H18F4N4O3S2. The topological polar surface area (TPSA) is 105 Å². The molecule has 1 atom stereocenters. The first-order valence-electron chi connectivity index (χ1n) is 10.6. The minimum absolute atomic E-state index is 0.0292.